The summed E-state index contributed by atoms with van der Waals surface area (Å²) in [4.78, 5) is 10.2. The van der Waals surface area contributed by atoms with Crippen LogP contribution in [0.2, 0.25) is 0 Å². The quantitative estimate of drug-likeness (QED) is 0.365. The topological polar surface area (TPSA) is 57.5 Å². The Balaban J connectivity index is 3.01. The molecule has 0 heterocycles. The first-order valence-corrected chi connectivity index (χ1v) is 7.77. The number of rotatable bonds is 14. The molecule has 19 heavy (non-hydrogen) atoms. The van der Waals surface area contributed by atoms with Crippen LogP contribution < -0.4 is 0 Å². The van der Waals surface area contributed by atoms with Gasteiger partial charge in [0.2, 0.25) is 0 Å². The molecule has 0 aliphatic carbocycles. The van der Waals surface area contributed by atoms with E-state index in [-0.39, 0.29) is 0 Å². The molecular formula is C16H30O3. The minimum atomic E-state index is -0.848. The summed E-state index contributed by atoms with van der Waals surface area (Å²) >= 11 is 0. The van der Waals surface area contributed by atoms with Gasteiger partial charge in [0.25, 0.3) is 0 Å². The van der Waals surface area contributed by atoms with Crippen molar-refractivity contribution in [1.29, 1.82) is 0 Å². The van der Waals surface area contributed by atoms with Crippen molar-refractivity contribution in [2.75, 3.05) is 6.61 Å². The predicted molar refractivity (Wildman–Crippen MR) is 79.3 cm³/mol. The predicted octanol–water partition coefficient (Wildman–Crippen LogP) is 4.30. The smallest absolute Gasteiger partial charge is 0.327 e. The Kier molecular flexibility index (Phi) is 14.6. The Morgan fingerprint density at radius 3 is 1.58 bits per heavy atom. The summed E-state index contributed by atoms with van der Waals surface area (Å²) in [6.07, 6.45) is 17.4. The van der Waals surface area contributed by atoms with E-state index in [4.69, 9.17) is 10.2 Å². The zero-order valence-electron chi connectivity index (χ0n) is 12.1. The first kappa shape index (κ1) is 18.2. The number of hydrogen-bond acceptors (Lipinski definition) is 2. The summed E-state index contributed by atoms with van der Waals surface area (Å²) in [6.45, 7) is 0.335. The number of aliphatic hydroxyl groups is 1. The van der Waals surface area contributed by atoms with Crippen LogP contribution in [0.25, 0.3) is 0 Å². The molecule has 0 fully saturated rings. The van der Waals surface area contributed by atoms with E-state index in [0.717, 1.165) is 19.3 Å². The molecule has 2 N–H and O–H groups in total. The highest BCUT2D eigenvalue weighted by Crippen LogP contribution is 2.11. The number of carboxylic acids is 1. The molecular weight excluding hydrogens is 240 g/mol. The molecule has 0 unspecified atom stereocenters. The fourth-order valence-electron chi connectivity index (χ4n) is 2.15. The normalized spacial score (nSPS) is 11.2. The van der Waals surface area contributed by atoms with Gasteiger partial charge in [-0.25, -0.2) is 4.79 Å². The molecule has 0 aromatic carbocycles. The second kappa shape index (κ2) is 15.2. The molecule has 0 aromatic heterocycles. The number of carbonyl (C=O) groups is 1. The van der Waals surface area contributed by atoms with E-state index in [2.05, 4.69) is 0 Å². The maximum atomic E-state index is 10.2. The van der Waals surface area contributed by atoms with E-state index in [1.54, 1.807) is 6.08 Å². The standard InChI is InChI=1S/C16H30O3/c17-15-13-11-9-7-5-3-1-2-4-6-8-10-12-14-16(18)19/h12,14,17H,1-11,13,15H2,(H,18,19). The monoisotopic (exact) mass is 270 g/mol. The van der Waals surface area contributed by atoms with Gasteiger partial charge in [0.05, 0.1) is 0 Å². The van der Waals surface area contributed by atoms with Gasteiger partial charge in [0, 0.05) is 12.7 Å². The van der Waals surface area contributed by atoms with Gasteiger partial charge in [-0.15, -0.1) is 0 Å². The van der Waals surface area contributed by atoms with Crippen molar-refractivity contribution in [2.45, 2.75) is 77.0 Å². The summed E-state index contributed by atoms with van der Waals surface area (Å²) < 4.78 is 0. The lowest BCUT2D eigenvalue weighted by molar-refractivity contribution is -0.131. The Bertz CT molecular complexity index is 224. The number of allylic oxidation sites excluding steroid dienone is 1. The zero-order chi connectivity index (χ0) is 14.2. The van der Waals surface area contributed by atoms with Crippen LogP contribution in [-0.4, -0.2) is 22.8 Å². The van der Waals surface area contributed by atoms with Crippen LogP contribution in [0.15, 0.2) is 12.2 Å². The van der Waals surface area contributed by atoms with E-state index in [9.17, 15) is 4.79 Å². The van der Waals surface area contributed by atoms with Gasteiger partial charge in [-0.1, -0.05) is 63.9 Å². The van der Waals surface area contributed by atoms with Gasteiger partial charge in [0.15, 0.2) is 0 Å². The molecule has 0 rings (SSSR count). The number of hydrogen-bond donors (Lipinski definition) is 2. The average molecular weight is 270 g/mol. The molecule has 0 spiro atoms. The summed E-state index contributed by atoms with van der Waals surface area (Å²) in [6, 6.07) is 0. The van der Waals surface area contributed by atoms with Gasteiger partial charge in [-0.3, -0.25) is 0 Å². The third-order valence-electron chi connectivity index (χ3n) is 3.29. The average Bonchev–Trinajstić information content (AvgIpc) is 2.39. The van der Waals surface area contributed by atoms with Gasteiger partial charge in [-0.2, -0.15) is 0 Å². The van der Waals surface area contributed by atoms with Crippen molar-refractivity contribution in [1.82, 2.24) is 0 Å². The Labute approximate surface area is 117 Å². The number of carboxylic acid groups (broad SMARTS) is 1. The molecule has 0 atom stereocenters. The van der Waals surface area contributed by atoms with Crippen LogP contribution in [0.5, 0.6) is 0 Å². The Hall–Kier alpha value is -0.830. The van der Waals surface area contributed by atoms with Crippen molar-refractivity contribution < 1.29 is 15.0 Å². The lowest BCUT2D eigenvalue weighted by atomic mass is 10.1. The van der Waals surface area contributed by atoms with Crippen molar-refractivity contribution >= 4 is 5.97 Å². The van der Waals surface area contributed by atoms with E-state index >= 15 is 0 Å². The van der Waals surface area contributed by atoms with Crippen molar-refractivity contribution in [2.24, 2.45) is 0 Å². The van der Waals surface area contributed by atoms with Crippen LogP contribution in [0, 0.1) is 0 Å². The second-order valence-corrected chi connectivity index (χ2v) is 5.14. The van der Waals surface area contributed by atoms with Gasteiger partial charge in [0.1, 0.15) is 0 Å². The molecule has 0 amide bonds. The molecule has 0 saturated heterocycles. The van der Waals surface area contributed by atoms with Crippen LogP contribution in [-0.2, 0) is 4.79 Å². The summed E-state index contributed by atoms with van der Waals surface area (Å²) in [5, 5.41) is 17.0. The maximum absolute atomic E-state index is 10.2. The maximum Gasteiger partial charge on any atom is 0.327 e. The largest absolute Gasteiger partial charge is 0.478 e. The van der Waals surface area contributed by atoms with Crippen LogP contribution in [0.1, 0.15) is 77.0 Å². The molecule has 0 bridgehead atoms. The molecule has 0 saturated carbocycles. The van der Waals surface area contributed by atoms with Gasteiger partial charge < -0.3 is 10.2 Å². The molecule has 0 aromatic rings. The summed E-state index contributed by atoms with van der Waals surface area (Å²) in [7, 11) is 0. The first-order valence-electron chi connectivity index (χ1n) is 7.77. The van der Waals surface area contributed by atoms with Crippen LogP contribution in [0.3, 0.4) is 0 Å². The number of unbranched alkanes of at least 4 members (excludes halogenated alkanes) is 11. The van der Waals surface area contributed by atoms with E-state index in [0.29, 0.717) is 6.61 Å². The zero-order valence-corrected chi connectivity index (χ0v) is 12.1. The molecule has 0 aliphatic heterocycles. The minimum Gasteiger partial charge on any atom is -0.478 e. The number of aliphatic hydroxyl groups excluding tert-OH is 1. The van der Waals surface area contributed by atoms with E-state index in [1.165, 1.54) is 63.9 Å². The van der Waals surface area contributed by atoms with E-state index in [1.807, 2.05) is 0 Å². The van der Waals surface area contributed by atoms with Crippen molar-refractivity contribution in [3.8, 4) is 0 Å². The lowest BCUT2D eigenvalue weighted by Crippen LogP contribution is -1.86. The molecule has 112 valence electrons. The SMILES string of the molecule is O=C(O)C=CCCCCCCCCCCCCCO. The Morgan fingerprint density at radius 1 is 0.737 bits per heavy atom. The van der Waals surface area contributed by atoms with Crippen LogP contribution >= 0.6 is 0 Å². The molecule has 0 radical (unpaired) electrons. The number of aliphatic carboxylic acids is 1. The third-order valence-corrected chi connectivity index (χ3v) is 3.29. The molecule has 3 nitrogen and oxygen atoms in total. The van der Waals surface area contributed by atoms with Crippen molar-refractivity contribution in [3.05, 3.63) is 12.2 Å². The highest BCUT2D eigenvalue weighted by molar-refractivity contribution is 5.79. The summed E-state index contributed by atoms with van der Waals surface area (Å²) in [5.74, 6) is -0.848. The highest BCUT2D eigenvalue weighted by atomic mass is 16.4. The highest BCUT2D eigenvalue weighted by Gasteiger charge is 1.93. The first-order chi connectivity index (χ1) is 9.27. The molecule has 0 aliphatic rings. The second-order valence-electron chi connectivity index (χ2n) is 5.14. The Morgan fingerprint density at radius 2 is 1.16 bits per heavy atom. The fourth-order valence-corrected chi connectivity index (χ4v) is 2.15. The lowest BCUT2D eigenvalue weighted by Gasteiger charge is -2.02. The third kappa shape index (κ3) is 17.2. The fraction of sp³-hybridized carbons (Fsp3) is 0.812. The summed E-state index contributed by atoms with van der Waals surface area (Å²) in [5.41, 5.74) is 0. The van der Waals surface area contributed by atoms with Crippen LogP contribution in [0.4, 0.5) is 0 Å². The van der Waals surface area contributed by atoms with Crippen molar-refractivity contribution in [3.63, 3.8) is 0 Å². The minimum absolute atomic E-state index is 0.335. The van der Waals surface area contributed by atoms with Gasteiger partial charge >= 0.3 is 5.97 Å². The van der Waals surface area contributed by atoms with E-state index < -0.39 is 5.97 Å². The van der Waals surface area contributed by atoms with Gasteiger partial charge in [-0.05, 0) is 19.3 Å². The molecule has 3 heteroatoms.